The van der Waals surface area contributed by atoms with Crippen LogP contribution in [0, 0.1) is 5.92 Å². The van der Waals surface area contributed by atoms with E-state index in [1.54, 1.807) is 4.90 Å². The summed E-state index contributed by atoms with van der Waals surface area (Å²) in [5.74, 6) is 0.540. The molecule has 4 heteroatoms. The molecule has 2 fully saturated rings. The van der Waals surface area contributed by atoms with Gasteiger partial charge in [0.15, 0.2) is 0 Å². The monoisotopic (exact) mass is 226 g/mol. The van der Waals surface area contributed by atoms with E-state index in [1.807, 2.05) is 20.8 Å². The van der Waals surface area contributed by atoms with Crippen LogP contribution in [-0.4, -0.2) is 46.7 Å². The number of likely N-dealkylation sites (tertiary alicyclic amines) is 1. The van der Waals surface area contributed by atoms with Crippen molar-refractivity contribution in [3.8, 4) is 0 Å². The van der Waals surface area contributed by atoms with Crippen molar-refractivity contribution in [1.82, 2.24) is 10.2 Å². The van der Waals surface area contributed by atoms with Gasteiger partial charge in [0.1, 0.15) is 5.60 Å². The van der Waals surface area contributed by atoms with Crippen LogP contribution < -0.4 is 5.32 Å². The molecule has 4 nitrogen and oxygen atoms in total. The highest BCUT2D eigenvalue weighted by Gasteiger charge is 2.54. The van der Waals surface area contributed by atoms with E-state index in [0.29, 0.717) is 19.0 Å². The van der Waals surface area contributed by atoms with Crippen LogP contribution in [0.4, 0.5) is 0 Å². The lowest BCUT2D eigenvalue weighted by Gasteiger charge is -2.49. The van der Waals surface area contributed by atoms with Crippen LogP contribution in [0.5, 0.6) is 0 Å². The predicted molar refractivity (Wildman–Crippen MR) is 62.0 cm³/mol. The summed E-state index contributed by atoms with van der Waals surface area (Å²) < 4.78 is 0. The Kier molecular flexibility index (Phi) is 2.75. The topological polar surface area (TPSA) is 52.6 Å². The summed E-state index contributed by atoms with van der Waals surface area (Å²) in [5, 5.41) is 13.3. The molecule has 0 spiro atoms. The molecular weight excluding hydrogens is 204 g/mol. The smallest absolute Gasteiger partial charge is 0.242 e. The Morgan fingerprint density at radius 3 is 2.50 bits per heavy atom. The van der Waals surface area contributed by atoms with Gasteiger partial charge in [-0.3, -0.25) is 4.79 Å². The van der Waals surface area contributed by atoms with E-state index in [2.05, 4.69) is 5.32 Å². The molecule has 2 rings (SSSR count). The van der Waals surface area contributed by atoms with Crippen LogP contribution >= 0.6 is 0 Å². The van der Waals surface area contributed by atoms with Gasteiger partial charge in [-0.25, -0.2) is 0 Å². The van der Waals surface area contributed by atoms with Crippen LogP contribution in [-0.2, 0) is 4.79 Å². The molecule has 0 aromatic rings. The molecule has 1 aliphatic heterocycles. The van der Waals surface area contributed by atoms with Gasteiger partial charge in [0.05, 0.1) is 18.6 Å². The van der Waals surface area contributed by atoms with Crippen molar-refractivity contribution in [3.05, 3.63) is 0 Å². The molecule has 0 aromatic heterocycles. The highest BCUT2D eigenvalue weighted by molar-refractivity contribution is 5.86. The largest absolute Gasteiger partial charge is 0.386 e. The Balaban J connectivity index is 1.89. The third-order valence-electron chi connectivity index (χ3n) is 3.71. The van der Waals surface area contributed by atoms with Gasteiger partial charge >= 0.3 is 0 Å². The second-order valence-electron chi connectivity index (χ2n) is 5.69. The zero-order valence-electron chi connectivity index (χ0n) is 10.4. The number of hydrogen-bond donors (Lipinski definition) is 2. The van der Waals surface area contributed by atoms with Gasteiger partial charge in [-0.1, -0.05) is 6.92 Å². The lowest BCUT2D eigenvalue weighted by Crippen LogP contribution is -2.69. The van der Waals surface area contributed by atoms with Crippen molar-refractivity contribution in [2.75, 3.05) is 19.6 Å². The summed E-state index contributed by atoms with van der Waals surface area (Å²) in [7, 11) is 0. The van der Waals surface area contributed by atoms with E-state index < -0.39 is 11.1 Å². The summed E-state index contributed by atoms with van der Waals surface area (Å²) >= 11 is 0. The fourth-order valence-corrected chi connectivity index (χ4v) is 2.55. The van der Waals surface area contributed by atoms with Gasteiger partial charge in [-0.15, -0.1) is 0 Å². The first-order valence-corrected chi connectivity index (χ1v) is 6.16. The Bertz CT molecular complexity index is 291. The number of β-amino-alcohol motifs (C(OH)–C–C–N with tert-alkyl or cyclic N) is 1. The van der Waals surface area contributed by atoms with Gasteiger partial charge in [0, 0.05) is 0 Å². The molecule has 0 radical (unpaired) electrons. The van der Waals surface area contributed by atoms with E-state index in [0.717, 1.165) is 19.4 Å². The maximum absolute atomic E-state index is 12.1. The Morgan fingerprint density at radius 1 is 1.50 bits per heavy atom. The molecule has 0 unspecified atom stereocenters. The Hall–Kier alpha value is -0.610. The number of nitrogens with one attached hydrogen (secondary N) is 1. The standard InChI is InChI=1S/C12H22N2O2/c1-4-13-11(2,3)10(15)14-7-12(16,8-14)9-5-6-9/h9,13,16H,4-8H2,1-3H3. The van der Waals surface area contributed by atoms with Crippen LogP contribution in [0.25, 0.3) is 0 Å². The van der Waals surface area contributed by atoms with E-state index in [1.165, 1.54) is 0 Å². The zero-order chi connectivity index (χ0) is 12.0. The maximum Gasteiger partial charge on any atom is 0.242 e. The number of rotatable bonds is 4. The first kappa shape index (κ1) is 11.9. The van der Waals surface area contributed by atoms with Crippen molar-refractivity contribution in [2.45, 2.75) is 44.8 Å². The number of amides is 1. The molecule has 1 aliphatic carbocycles. The summed E-state index contributed by atoms with van der Waals surface area (Å²) in [6, 6.07) is 0. The Labute approximate surface area is 97.0 Å². The molecule has 2 N–H and O–H groups in total. The van der Waals surface area contributed by atoms with Crippen molar-refractivity contribution in [1.29, 1.82) is 0 Å². The highest BCUT2D eigenvalue weighted by atomic mass is 16.3. The SMILES string of the molecule is CCNC(C)(C)C(=O)N1CC(O)(C2CC2)C1. The van der Waals surface area contributed by atoms with Gasteiger partial charge in [0.25, 0.3) is 0 Å². The van der Waals surface area contributed by atoms with Crippen LogP contribution in [0.15, 0.2) is 0 Å². The lowest BCUT2D eigenvalue weighted by molar-refractivity contribution is -0.164. The van der Waals surface area contributed by atoms with E-state index in [-0.39, 0.29) is 5.91 Å². The van der Waals surface area contributed by atoms with Crippen molar-refractivity contribution in [2.24, 2.45) is 5.92 Å². The van der Waals surface area contributed by atoms with Crippen molar-refractivity contribution in [3.63, 3.8) is 0 Å². The van der Waals surface area contributed by atoms with Gasteiger partial charge in [-0.2, -0.15) is 0 Å². The van der Waals surface area contributed by atoms with E-state index in [4.69, 9.17) is 0 Å². The molecule has 0 aromatic carbocycles. The van der Waals surface area contributed by atoms with Crippen molar-refractivity contribution >= 4 is 5.91 Å². The number of likely N-dealkylation sites (N-methyl/N-ethyl adjacent to an activating group) is 1. The zero-order valence-corrected chi connectivity index (χ0v) is 10.4. The van der Waals surface area contributed by atoms with Crippen LogP contribution in [0.1, 0.15) is 33.6 Å². The summed E-state index contributed by atoms with van der Waals surface area (Å²) in [4.78, 5) is 13.9. The second-order valence-corrected chi connectivity index (χ2v) is 5.69. The minimum absolute atomic E-state index is 0.0969. The summed E-state index contributed by atoms with van der Waals surface area (Å²) in [5.41, 5.74) is -1.09. The highest BCUT2D eigenvalue weighted by Crippen LogP contribution is 2.44. The minimum atomic E-state index is -0.571. The molecule has 1 saturated carbocycles. The third kappa shape index (κ3) is 1.96. The molecular formula is C12H22N2O2. The van der Waals surface area contributed by atoms with Crippen LogP contribution in [0.3, 0.4) is 0 Å². The molecule has 0 bridgehead atoms. The van der Waals surface area contributed by atoms with Gasteiger partial charge in [0.2, 0.25) is 5.91 Å². The normalized spacial score (nSPS) is 24.1. The van der Waals surface area contributed by atoms with Crippen LogP contribution in [0.2, 0.25) is 0 Å². The van der Waals surface area contributed by atoms with E-state index >= 15 is 0 Å². The Morgan fingerprint density at radius 2 is 2.06 bits per heavy atom. The number of carbonyl (C=O) groups excluding carboxylic acids is 1. The molecule has 2 aliphatic rings. The molecule has 92 valence electrons. The first-order chi connectivity index (χ1) is 7.39. The van der Waals surface area contributed by atoms with E-state index in [9.17, 15) is 9.90 Å². The summed E-state index contributed by atoms with van der Waals surface area (Å²) in [6.07, 6.45) is 2.24. The molecule has 16 heavy (non-hydrogen) atoms. The lowest BCUT2D eigenvalue weighted by atomic mass is 9.86. The molecule has 1 saturated heterocycles. The van der Waals surface area contributed by atoms with Gasteiger partial charge < -0.3 is 15.3 Å². The average Bonchev–Trinajstić information content (AvgIpc) is 2.94. The van der Waals surface area contributed by atoms with Crippen molar-refractivity contribution < 1.29 is 9.90 Å². The minimum Gasteiger partial charge on any atom is -0.386 e. The van der Waals surface area contributed by atoms with Gasteiger partial charge in [-0.05, 0) is 39.2 Å². The summed E-state index contributed by atoms with van der Waals surface area (Å²) in [6.45, 7) is 7.60. The molecule has 1 heterocycles. The molecule has 1 amide bonds. The fourth-order valence-electron chi connectivity index (χ4n) is 2.55. The predicted octanol–water partition coefficient (Wildman–Crippen LogP) is 0.358. The molecule has 0 atom stereocenters. The number of carbonyl (C=O) groups is 1. The average molecular weight is 226 g/mol. The number of hydrogen-bond acceptors (Lipinski definition) is 3. The maximum atomic E-state index is 12.1. The number of nitrogens with zero attached hydrogens (tertiary/aromatic N) is 1. The second kappa shape index (κ2) is 3.70. The first-order valence-electron chi connectivity index (χ1n) is 6.16. The quantitative estimate of drug-likeness (QED) is 0.727. The number of aliphatic hydroxyl groups is 1. The third-order valence-corrected chi connectivity index (χ3v) is 3.71. The fraction of sp³-hybridized carbons (Fsp3) is 0.917.